The van der Waals surface area contributed by atoms with E-state index in [1.165, 1.54) is 25.7 Å². The number of hydrogen-bond acceptors (Lipinski definition) is 2. The maximum absolute atomic E-state index is 13.7. The van der Waals surface area contributed by atoms with Crippen LogP contribution >= 0.6 is 0 Å². The van der Waals surface area contributed by atoms with E-state index in [0.717, 1.165) is 25.7 Å². The molecule has 25 heavy (non-hydrogen) atoms. The Labute approximate surface area is 149 Å². The van der Waals surface area contributed by atoms with E-state index in [-0.39, 0.29) is 17.5 Å². The van der Waals surface area contributed by atoms with Crippen molar-refractivity contribution in [2.75, 3.05) is 0 Å². The number of rotatable bonds is 0. The lowest BCUT2D eigenvalue weighted by atomic mass is 9.46. The highest BCUT2D eigenvalue weighted by Crippen LogP contribution is 2.61. The first-order valence-electron chi connectivity index (χ1n) is 10.0. The molecule has 1 aromatic rings. The normalized spacial score (nSPS) is 37.1. The van der Waals surface area contributed by atoms with Crippen molar-refractivity contribution in [2.24, 2.45) is 23.2 Å². The molecule has 0 aliphatic heterocycles. The number of benzene rings is 1. The number of fused-ring (bicyclic) bond motifs is 6. The van der Waals surface area contributed by atoms with Crippen molar-refractivity contribution in [3.05, 3.63) is 46.5 Å². The minimum atomic E-state index is -0.521. The standard InChI is InChI=1S/C23H26O2/c1-23-19-13-7-6-9-15(19)14-8-2-3-10-16(14)20(23)21(24)17-11-4-5-12-18(17)22(23)25/h4-5,11-12,16,19-20H,2-3,6-10,13H2,1H3/t16-,19-,20+,23-/m0/s1. The Morgan fingerprint density at radius 3 is 2.36 bits per heavy atom. The van der Waals surface area contributed by atoms with Gasteiger partial charge in [-0.3, -0.25) is 9.59 Å². The van der Waals surface area contributed by atoms with Gasteiger partial charge in [0.1, 0.15) is 0 Å². The number of hydrogen-bond donors (Lipinski definition) is 0. The molecule has 0 saturated heterocycles. The van der Waals surface area contributed by atoms with Crippen LogP contribution in [-0.2, 0) is 0 Å². The molecule has 0 N–H and O–H groups in total. The van der Waals surface area contributed by atoms with E-state index in [1.54, 1.807) is 11.1 Å². The molecule has 2 nitrogen and oxygen atoms in total. The third-order valence-electron chi connectivity index (χ3n) is 7.66. The van der Waals surface area contributed by atoms with Crippen molar-refractivity contribution in [2.45, 2.75) is 58.3 Å². The Morgan fingerprint density at radius 2 is 1.56 bits per heavy atom. The molecule has 2 fully saturated rings. The molecule has 0 aromatic heterocycles. The average molecular weight is 334 g/mol. The molecule has 4 atom stereocenters. The summed E-state index contributed by atoms with van der Waals surface area (Å²) < 4.78 is 0. The summed E-state index contributed by atoms with van der Waals surface area (Å²) in [6.45, 7) is 2.13. The maximum Gasteiger partial charge on any atom is 0.170 e. The first-order valence-corrected chi connectivity index (χ1v) is 10.0. The Hall–Kier alpha value is -1.70. The van der Waals surface area contributed by atoms with Gasteiger partial charge in [0, 0.05) is 22.5 Å². The predicted molar refractivity (Wildman–Crippen MR) is 97.6 cm³/mol. The van der Waals surface area contributed by atoms with Crippen molar-refractivity contribution < 1.29 is 9.59 Å². The van der Waals surface area contributed by atoms with Crippen LogP contribution in [0.15, 0.2) is 35.4 Å². The monoisotopic (exact) mass is 334 g/mol. The topological polar surface area (TPSA) is 34.1 Å². The van der Waals surface area contributed by atoms with Crippen LogP contribution in [0.4, 0.5) is 0 Å². The molecule has 0 bridgehead atoms. The lowest BCUT2D eigenvalue weighted by Gasteiger charge is -2.55. The van der Waals surface area contributed by atoms with Crippen molar-refractivity contribution in [1.82, 2.24) is 0 Å². The molecule has 1 aromatic carbocycles. The van der Waals surface area contributed by atoms with Gasteiger partial charge in [-0.2, -0.15) is 0 Å². The van der Waals surface area contributed by atoms with Crippen molar-refractivity contribution in [3.63, 3.8) is 0 Å². The molecule has 0 radical (unpaired) electrons. The van der Waals surface area contributed by atoms with Crippen LogP contribution in [0.2, 0.25) is 0 Å². The second-order valence-corrected chi connectivity index (χ2v) is 8.70. The van der Waals surface area contributed by atoms with Crippen LogP contribution in [0, 0.1) is 23.2 Å². The zero-order valence-corrected chi connectivity index (χ0v) is 15.0. The summed E-state index contributed by atoms with van der Waals surface area (Å²) in [7, 11) is 0. The Kier molecular flexibility index (Phi) is 3.36. The average Bonchev–Trinajstić information content (AvgIpc) is 2.67. The summed E-state index contributed by atoms with van der Waals surface area (Å²) >= 11 is 0. The van der Waals surface area contributed by atoms with E-state index in [1.807, 2.05) is 24.3 Å². The van der Waals surface area contributed by atoms with Crippen LogP contribution in [0.25, 0.3) is 0 Å². The molecule has 2 saturated carbocycles. The summed E-state index contributed by atoms with van der Waals surface area (Å²) in [5.74, 6) is 0.957. The van der Waals surface area contributed by atoms with E-state index < -0.39 is 5.41 Å². The fraction of sp³-hybridized carbons (Fsp3) is 0.565. The molecule has 130 valence electrons. The molecule has 0 heterocycles. The van der Waals surface area contributed by atoms with Gasteiger partial charge in [-0.05, 0) is 50.4 Å². The molecule has 5 rings (SSSR count). The lowest BCUT2D eigenvalue weighted by molar-refractivity contribution is 0.0234. The largest absolute Gasteiger partial charge is 0.294 e. The second kappa shape index (κ2) is 5.40. The number of allylic oxidation sites excluding steroid dienone is 2. The van der Waals surface area contributed by atoms with Gasteiger partial charge in [-0.1, -0.05) is 55.2 Å². The van der Waals surface area contributed by atoms with Crippen LogP contribution in [-0.4, -0.2) is 11.6 Å². The third-order valence-corrected chi connectivity index (χ3v) is 7.66. The molecular formula is C23H26O2. The van der Waals surface area contributed by atoms with Crippen LogP contribution in [0.1, 0.15) is 79.0 Å². The molecule has 4 aliphatic carbocycles. The number of carbonyl (C=O) groups excluding carboxylic acids is 2. The molecule has 0 unspecified atom stereocenters. The number of Topliss-reactive ketones (excluding diaryl/α,β-unsaturated/α-hetero) is 2. The van der Waals surface area contributed by atoms with Crippen molar-refractivity contribution in [1.29, 1.82) is 0 Å². The Morgan fingerprint density at radius 1 is 0.880 bits per heavy atom. The second-order valence-electron chi connectivity index (χ2n) is 8.70. The number of ketones is 2. The fourth-order valence-corrected chi connectivity index (χ4v) is 6.61. The van der Waals surface area contributed by atoms with Gasteiger partial charge in [-0.25, -0.2) is 0 Å². The summed E-state index contributed by atoms with van der Waals surface area (Å²) in [4.78, 5) is 27.2. The van der Waals surface area contributed by atoms with Crippen LogP contribution in [0.3, 0.4) is 0 Å². The third kappa shape index (κ3) is 1.91. The highest BCUT2D eigenvalue weighted by Gasteiger charge is 2.61. The van der Waals surface area contributed by atoms with E-state index in [9.17, 15) is 9.59 Å². The summed E-state index contributed by atoms with van der Waals surface area (Å²) in [5, 5.41) is 0. The summed E-state index contributed by atoms with van der Waals surface area (Å²) in [5.41, 5.74) is 4.00. The lowest BCUT2D eigenvalue weighted by Crippen LogP contribution is -2.56. The highest BCUT2D eigenvalue weighted by atomic mass is 16.1. The van der Waals surface area contributed by atoms with Gasteiger partial charge in [0.05, 0.1) is 0 Å². The van der Waals surface area contributed by atoms with Gasteiger partial charge < -0.3 is 0 Å². The zero-order valence-electron chi connectivity index (χ0n) is 15.0. The summed E-state index contributed by atoms with van der Waals surface area (Å²) in [6, 6.07) is 7.55. The molecule has 2 heteroatoms. The van der Waals surface area contributed by atoms with Crippen molar-refractivity contribution >= 4 is 11.6 Å². The Bertz CT molecular complexity index is 802. The first-order chi connectivity index (χ1) is 12.1. The van der Waals surface area contributed by atoms with Gasteiger partial charge >= 0.3 is 0 Å². The quantitative estimate of drug-likeness (QED) is 0.597. The maximum atomic E-state index is 13.7. The smallest absolute Gasteiger partial charge is 0.170 e. The first kappa shape index (κ1) is 15.5. The van der Waals surface area contributed by atoms with Crippen LogP contribution in [0.5, 0.6) is 0 Å². The number of carbonyl (C=O) groups is 2. The highest BCUT2D eigenvalue weighted by molar-refractivity contribution is 6.18. The molecular weight excluding hydrogens is 308 g/mol. The van der Waals surface area contributed by atoms with Gasteiger partial charge in [0.2, 0.25) is 0 Å². The summed E-state index contributed by atoms with van der Waals surface area (Å²) in [6.07, 6.45) is 9.38. The van der Waals surface area contributed by atoms with E-state index >= 15 is 0 Å². The van der Waals surface area contributed by atoms with Gasteiger partial charge in [-0.15, -0.1) is 0 Å². The van der Waals surface area contributed by atoms with Gasteiger partial charge in [0.15, 0.2) is 11.6 Å². The fourth-order valence-electron chi connectivity index (χ4n) is 6.61. The van der Waals surface area contributed by atoms with Crippen molar-refractivity contribution in [3.8, 4) is 0 Å². The SMILES string of the molecule is C[C@@]12C(=O)c3ccccc3C(=O)[C@H]1[C@H]1CCCCC1=C1CCCC[C@@H]12. The minimum absolute atomic E-state index is 0.128. The van der Waals surface area contributed by atoms with E-state index in [4.69, 9.17) is 0 Å². The zero-order chi connectivity index (χ0) is 17.2. The molecule has 0 amide bonds. The minimum Gasteiger partial charge on any atom is -0.294 e. The van der Waals surface area contributed by atoms with Crippen LogP contribution < -0.4 is 0 Å². The molecule has 0 spiro atoms. The van der Waals surface area contributed by atoms with Gasteiger partial charge in [0.25, 0.3) is 0 Å². The predicted octanol–water partition coefficient (Wildman–Crippen LogP) is 5.38. The molecule has 4 aliphatic rings. The van der Waals surface area contributed by atoms with E-state index in [0.29, 0.717) is 23.0 Å². The Balaban J connectivity index is 1.76. The van der Waals surface area contributed by atoms with E-state index in [2.05, 4.69) is 6.92 Å².